The molecule has 5 nitrogen and oxygen atoms in total. The number of primary amides is 1. The molecule has 0 heterocycles. The number of aryl methyl sites for hydroxylation is 1. The van der Waals surface area contributed by atoms with Crippen molar-refractivity contribution >= 4 is 11.7 Å². The first-order valence-electron chi connectivity index (χ1n) is 6.72. The molecule has 2 aromatic carbocycles. The van der Waals surface area contributed by atoms with Crippen molar-refractivity contribution in [2.24, 2.45) is 5.73 Å². The van der Waals surface area contributed by atoms with Gasteiger partial charge in [-0.1, -0.05) is 35.9 Å². The molecule has 0 saturated heterocycles. The van der Waals surface area contributed by atoms with Gasteiger partial charge in [0.2, 0.25) is 0 Å². The maximum absolute atomic E-state index is 12.1. The number of methoxy groups -OCH3 is 1. The maximum Gasteiger partial charge on any atom is 0.252 e. The number of amides is 1. The fourth-order valence-electron chi connectivity index (χ4n) is 1.98. The second-order valence-electron chi connectivity index (χ2n) is 4.78. The summed E-state index contributed by atoms with van der Waals surface area (Å²) in [6.45, 7) is 1.74. The Balaban J connectivity index is 2.19. The van der Waals surface area contributed by atoms with Crippen molar-refractivity contribution in [2.75, 3.05) is 13.7 Å². The van der Waals surface area contributed by atoms with Gasteiger partial charge in [-0.3, -0.25) is 9.59 Å². The molecule has 0 atom stereocenters. The molecule has 0 spiro atoms. The van der Waals surface area contributed by atoms with Crippen LogP contribution in [0.3, 0.4) is 0 Å². The summed E-state index contributed by atoms with van der Waals surface area (Å²) < 4.78 is 10.6. The van der Waals surface area contributed by atoms with E-state index in [2.05, 4.69) is 0 Å². The van der Waals surface area contributed by atoms with Crippen molar-refractivity contribution in [3.05, 3.63) is 59.2 Å². The molecule has 1 amide bonds. The fourth-order valence-corrected chi connectivity index (χ4v) is 1.98. The first kappa shape index (κ1) is 15.6. The molecule has 0 saturated carbocycles. The number of rotatable bonds is 6. The lowest BCUT2D eigenvalue weighted by molar-refractivity contribution is 0.0909. The summed E-state index contributed by atoms with van der Waals surface area (Å²) in [6, 6.07) is 12.0. The van der Waals surface area contributed by atoms with Gasteiger partial charge in [-0.25, -0.2) is 0 Å². The first-order valence-corrected chi connectivity index (χ1v) is 6.72. The van der Waals surface area contributed by atoms with Crippen LogP contribution in [0.2, 0.25) is 0 Å². The second-order valence-corrected chi connectivity index (χ2v) is 4.78. The van der Waals surface area contributed by atoms with E-state index in [4.69, 9.17) is 15.2 Å². The number of ketones is 1. The van der Waals surface area contributed by atoms with E-state index in [1.807, 2.05) is 19.1 Å². The highest BCUT2D eigenvalue weighted by molar-refractivity contribution is 5.98. The third-order valence-corrected chi connectivity index (χ3v) is 3.19. The number of nitrogens with two attached hydrogens (primary N) is 1. The van der Waals surface area contributed by atoms with Crippen LogP contribution in [-0.2, 0) is 0 Å². The number of carbonyl (C=O) groups excluding carboxylic acids is 2. The van der Waals surface area contributed by atoms with Crippen molar-refractivity contribution in [3.63, 3.8) is 0 Å². The van der Waals surface area contributed by atoms with Crippen molar-refractivity contribution < 1.29 is 19.1 Å². The predicted molar refractivity (Wildman–Crippen MR) is 82.5 cm³/mol. The zero-order chi connectivity index (χ0) is 16.1. The minimum atomic E-state index is -0.642. The Kier molecular flexibility index (Phi) is 4.78. The molecule has 0 aliphatic carbocycles. The predicted octanol–water partition coefficient (Wildman–Crippen LogP) is 2.36. The average molecular weight is 299 g/mol. The molecule has 0 fully saturated rings. The van der Waals surface area contributed by atoms with Gasteiger partial charge in [-0.05, 0) is 19.1 Å². The van der Waals surface area contributed by atoms with E-state index < -0.39 is 5.91 Å². The molecule has 0 aliphatic heterocycles. The van der Waals surface area contributed by atoms with E-state index in [1.54, 1.807) is 24.3 Å². The Morgan fingerprint density at radius 3 is 2.36 bits per heavy atom. The van der Waals surface area contributed by atoms with E-state index in [0.717, 1.165) is 5.56 Å². The van der Waals surface area contributed by atoms with Crippen LogP contribution in [0.25, 0.3) is 0 Å². The van der Waals surface area contributed by atoms with Crippen LogP contribution in [0.15, 0.2) is 42.5 Å². The number of hydrogen-bond acceptors (Lipinski definition) is 4. The van der Waals surface area contributed by atoms with Gasteiger partial charge in [0.05, 0.1) is 12.7 Å². The smallest absolute Gasteiger partial charge is 0.252 e. The van der Waals surface area contributed by atoms with Crippen molar-refractivity contribution in [1.82, 2.24) is 0 Å². The van der Waals surface area contributed by atoms with Crippen LogP contribution >= 0.6 is 0 Å². The third kappa shape index (κ3) is 3.44. The average Bonchev–Trinajstić information content (AvgIpc) is 2.52. The molecule has 5 heteroatoms. The molecule has 0 radical (unpaired) electrons. The summed E-state index contributed by atoms with van der Waals surface area (Å²) in [5.74, 6) is -0.302. The van der Waals surface area contributed by atoms with Crippen LogP contribution in [0, 0.1) is 6.92 Å². The third-order valence-electron chi connectivity index (χ3n) is 3.19. The highest BCUT2D eigenvalue weighted by Crippen LogP contribution is 2.30. The number of carbonyl (C=O) groups is 2. The van der Waals surface area contributed by atoms with Crippen molar-refractivity contribution in [3.8, 4) is 11.5 Å². The molecular formula is C17H17NO4. The summed E-state index contributed by atoms with van der Waals surface area (Å²) in [7, 11) is 1.45. The lowest BCUT2D eigenvalue weighted by Crippen LogP contribution is -2.17. The molecule has 114 valence electrons. The Morgan fingerprint density at radius 1 is 1.09 bits per heavy atom. The normalized spacial score (nSPS) is 10.1. The standard InChI is InChI=1S/C17H17NO4/c1-11-6-8-12(9-7-11)14(19)10-22-16-13(17(18)20)4-3-5-15(16)21-2/h3-9H,10H2,1-2H3,(H2,18,20). The lowest BCUT2D eigenvalue weighted by Gasteiger charge is -2.13. The van der Waals surface area contributed by atoms with Crippen LogP contribution in [0.4, 0.5) is 0 Å². The summed E-state index contributed by atoms with van der Waals surface area (Å²) in [4.78, 5) is 23.6. The second kappa shape index (κ2) is 6.76. The molecular weight excluding hydrogens is 282 g/mol. The fraction of sp³-hybridized carbons (Fsp3) is 0.176. The summed E-state index contributed by atoms with van der Waals surface area (Å²) in [6.07, 6.45) is 0. The molecule has 0 bridgehead atoms. The monoisotopic (exact) mass is 299 g/mol. The molecule has 0 aliphatic rings. The Hall–Kier alpha value is -2.82. The van der Waals surface area contributed by atoms with Gasteiger partial charge in [-0.15, -0.1) is 0 Å². The quantitative estimate of drug-likeness (QED) is 0.830. The van der Waals surface area contributed by atoms with Crippen molar-refractivity contribution in [1.29, 1.82) is 0 Å². The number of para-hydroxylation sites is 1. The molecule has 22 heavy (non-hydrogen) atoms. The van der Waals surface area contributed by atoms with Gasteiger partial charge in [0, 0.05) is 5.56 Å². The topological polar surface area (TPSA) is 78.6 Å². The molecule has 2 rings (SSSR count). The number of Topliss-reactive ketones (excluding diaryl/α,β-unsaturated/α-hetero) is 1. The van der Waals surface area contributed by atoms with E-state index in [-0.39, 0.29) is 23.7 Å². The minimum Gasteiger partial charge on any atom is -0.493 e. The van der Waals surface area contributed by atoms with Gasteiger partial charge in [-0.2, -0.15) is 0 Å². The Bertz CT molecular complexity index is 692. The van der Waals surface area contributed by atoms with E-state index >= 15 is 0 Å². The lowest BCUT2D eigenvalue weighted by atomic mass is 10.1. The SMILES string of the molecule is COc1cccc(C(N)=O)c1OCC(=O)c1ccc(C)cc1. The van der Waals surface area contributed by atoms with Gasteiger partial charge in [0.15, 0.2) is 23.9 Å². The van der Waals surface area contributed by atoms with Gasteiger partial charge >= 0.3 is 0 Å². The Morgan fingerprint density at radius 2 is 1.77 bits per heavy atom. The van der Waals surface area contributed by atoms with E-state index in [9.17, 15) is 9.59 Å². The molecule has 0 unspecified atom stereocenters. The maximum atomic E-state index is 12.1. The summed E-state index contributed by atoms with van der Waals surface area (Å²) in [5.41, 5.74) is 7.10. The van der Waals surface area contributed by atoms with E-state index in [0.29, 0.717) is 11.3 Å². The van der Waals surface area contributed by atoms with Crippen LogP contribution < -0.4 is 15.2 Å². The summed E-state index contributed by atoms with van der Waals surface area (Å²) >= 11 is 0. The van der Waals surface area contributed by atoms with E-state index in [1.165, 1.54) is 13.2 Å². The molecule has 0 aromatic heterocycles. The van der Waals surface area contributed by atoms with Crippen LogP contribution in [0.5, 0.6) is 11.5 Å². The van der Waals surface area contributed by atoms with Crippen molar-refractivity contribution in [2.45, 2.75) is 6.92 Å². The Labute approximate surface area is 128 Å². The van der Waals surface area contributed by atoms with Gasteiger partial charge < -0.3 is 15.2 Å². The number of hydrogen-bond donors (Lipinski definition) is 1. The zero-order valence-electron chi connectivity index (χ0n) is 12.5. The van der Waals surface area contributed by atoms with Crippen LogP contribution in [0.1, 0.15) is 26.3 Å². The molecule has 2 N–H and O–H groups in total. The molecule has 2 aromatic rings. The minimum absolute atomic E-state index is 0.177. The number of benzene rings is 2. The van der Waals surface area contributed by atoms with Gasteiger partial charge in [0.25, 0.3) is 5.91 Å². The largest absolute Gasteiger partial charge is 0.493 e. The highest BCUT2D eigenvalue weighted by atomic mass is 16.5. The zero-order valence-corrected chi connectivity index (χ0v) is 12.5. The van der Waals surface area contributed by atoms with Gasteiger partial charge in [0.1, 0.15) is 0 Å². The highest BCUT2D eigenvalue weighted by Gasteiger charge is 2.16. The summed E-state index contributed by atoms with van der Waals surface area (Å²) in [5, 5.41) is 0. The first-order chi connectivity index (χ1) is 10.5. The van der Waals surface area contributed by atoms with Crippen LogP contribution in [-0.4, -0.2) is 25.4 Å². The number of ether oxygens (including phenoxy) is 2.